The maximum Gasteiger partial charge on any atom is 0.300 e. The zero-order valence-corrected chi connectivity index (χ0v) is 11.0. The number of halogens is 1. The van der Waals surface area contributed by atoms with Gasteiger partial charge in [0.2, 0.25) is 0 Å². The quantitative estimate of drug-likeness (QED) is 0.701. The van der Waals surface area contributed by atoms with Crippen LogP contribution in [0.4, 0.5) is 17.4 Å². The number of benzene rings is 2. The summed E-state index contributed by atoms with van der Waals surface area (Å²) >= 11 is 5.92. The number of nitrogens with two attached hydrogens (primary N) is 1. The van der Waals surface area contributed by atoms with Crippen LogP contribution in [0.25, 0.3) is 11.1 Å². The number of nitrogens with one attached hydrogen (secondary N) is 1. The second kappa shape index (κ2) is 4.76. The standard InChI is InChI=1S/C14H9ClN4O/c15-9-2-1-8(7-16)11(5-9)18-14-19-12-6-10(17)3-4-13(12)20-14/h1-6H,17H2,(H,18,19). The molecule has 3 aromatic rings. The summed E-state index contributed by atoms with van der Waals surface area (Å²) < 4.78 is 5.54. The van der Waals surface area contributed by atoms with Crippen molar-refractivity contribution in [2.75, 3.05) is 11.1 Å². The van der Waals surface area contributed by atoms with E-state index in [2.05, 4.69) is 16.4 Å². The molecule has 3 rings (SSSR count). The molecule has 98 valence electrons. The molecular formula is C14H9ClN4O. The zero-order valence-electron chi connectivity index (χ0n) is 10.2. The average molecular weight is 285 g/mol. The molecule has 0 radical (unpaired) electrons. The topological polar surface area (TPSA) is 87.9 Å². The van der Waals surface area contributed by atoms with Gasteiger partial charge in [-0.15, -0.1) is 0 Å². The van der Waals surface area contributed by atoms with Crippen molar-refractivity contribution in [2.24, 2.45) is 0 Å². The van der Waals surface area contributed by atoms with Crippen molar-refractivity contribution < 1.29 is 4.42 Å². The van der Waals surface area contributed by atoms with Gasteiger partial charge in [0, 0.05) is 10.7 Å². The molecule has 0 unspecified atom stereocenters. The average Bonchev–Trinajstić information content (AvgIpc) is 2.80. The first kappa shape index (κ1) is 12.3. The fourth-order valence-electron chi connectivity index (χ4n) is 1.83. The Labute approximate surface area is 119 Å². The smallest absolute Gasteiger partial charge is 0.300 e. The van der Waals surface area contributed by atoms with Crippen molar-refractivity contribution >= 4 is 40.1 Å². The van der Waals surface area contributed by atoms with Crippen molar-refractivity contribution in [3.8, 4) is 6.07 Å². The minimum absolute atomic E-state index is 0.282. The summed E-state index contributed by atoms with van der Waals surface area (Å²) in [5.74, 6) is 0. The summed E-state index contributed by atoms with van der Waals surface area (Å²) in [6.07, 6.45) is 0. The van der Waals surface area contributed by atoms with Crippen molar-refractivity contribution in [3.05, 3.63) is 47.0 Å². The number of oxazole rings is 1. The minimum Gasteiger partial charge on any atom is -0.423 e. The number of anilines is 3. The van der Waals surface area contributed by atoms with Gasteiger partial charge in [0.15, 0.2) is 5.58 Å². The number of nitrogens with zero attached hydrogens (tertiary/aromatic N) is 2. The second-order valence-electron chi connectivity index (χ2n) is 4.17. The van der Waals surface area contributed by atoms with E-state index in [1.54, 1.807) is 36.4 Å². The Balaban J connectivity index is 2.01. The van der Waals surface area contributed by atoms with Crippen LogP contribution < -0.4 is 11.1 Å². The molecule has 3 N–H and O–H groups in total. The summed E-state index contributed by atoms with van der Waals surface area (Å²) in [7, 11) is 0. The lowest BCUT2D eigenvalue weighted by Gasteiger charge is -2.04. The van der Waals surface area contributed by atoms with Gasteiger partial charge in [-0.05, 0) is 36.4 Å². The summed E-state index contributed by atoms with van der Waals surface area (Å²) in [5, 5.41) is 12.5. The number of rotatable bonds is 2. The van der Waals surface area contributed by atoms with Gasteiger partial charge >= 0.3 is 0 Å². The molecule has 1 heterocycles. The van der Waals surface area contributed by atoms with Gasteiger partial charge < -0.3 is 15.5 Å². The van der Waals surface area contributed by atoms with E-state index < -0.39 is 0 Å². The molecule has 0 aliphatic heterocycles. The third kappa shape index (κ3) is 2.25. The Hall–Kier alpha value is -2.71. The molecule has 0 saturated heterocycles. The number of aromatic nitrogens is 1. The fraction of sp³-hybridized carbons (Fsp3) is 0. The van der Waals surface area contributed by atoms with Crippen LogP contribution in [-0.2, 0) is 0 Å². The lowest BCUT2D eigenvalue weighted by Crippen LogP contribution is -1.93. The molecule has 2 aromatic carbocycles. The van der Waals surface area contributed by atoms with E-state index in [0.717, 1.165) is 0 Å². The van der Waals surface area contributed by atoms with E-state index in [-0.39, 0.29) is 6.01 Å². The minimum atomic E-state index is 0.282. The van der Waals surface area contributed by atoms with E-state index in [1.165, 1.54) is 0 Å². The second-order valence-corrected chi connectivity index (χ2v) is 4.61. The number of nitrogen functional groups attached to an aromatic ring is 1. The molecule has 0 bridgehead atoms. The normalized spacial score (nSPS) is 10.4. The van der Waals surface area contributed by atoms with Crippen LogP contribution in [0.15, 0.2) is 40.8 Å². The van der Waals surface area contributed by atoms with Gasteiger partial charge in [-0.3, -0.25) is 0 Å². The highest BCUT2D eigenvalue weighted by molar-refractivity contribution is 6.30. The predicted molar refractivity (Wildman–Crippen MR) is 77.9 cm³/mol. The van der Waals surface area contributed by atoms with Gasteiger partial charge in [0.1, 0.15) is 11.6 Å². The van der Waals surface area contributed by atoms with Crippen molar-refractivity contribution in [1.82, 2.24) is 4.98 Å². The highest BCUT2D eigenvalue weighted by Crippen LogP contribution is 2.27. The van der Waals surface area contributed by atoms with Crippen LogP contribution in [0, 0.1) is 11.3 Å². The van der Waals surface area contributed by atoms with Crippen LogP contribution in [0.1, 0.15) is 5.56 Å². The molecule has 0 aliphatic carbocycles. The predicted octanol–water partition coefficient (Wildman–Crippen LogP) is 3.68. The van der Waals surface area contributed by atoms with Crippen LogP contribution in [-0.4, -0.2) is 4.98 Å². The van der Waals surface area contributed by atoms with Crippen molar-refractivity contribution in [1.29, 1.82) is 5.26 Å². The van der Waals surface area contributed by atoms with E-state index in [0.29, 0.717) is 33.1 Å². The molecule has 5 nitrogen and oxygen atoms in total. The Bertz CT molecular complexity index is 835. The third-order valence-electron chi connectivity index (χ3n) is 2.76. The molecule has 0 spiro atoms. The summed E-state index contributed by atoms with van der Waals surface area (Å²) in [6.45, 7) is 0. The number of hydrogen-bond acceptors (Lipinski definition) is 5. The molecule has 0 atom stereocenters. The molecule has 0 amide bonds. The highest BCUT2D eigenvalue weighted by Gasteiger charge is 2.09. The van der Waals surface area contributed by atoms with Gasteiger partial charge in [-0.25, -0.2) is 0 Å². The molecule has 0 aliphatic rings. The van der Waals surface area contributed by atoms with E-state index >= 15 is 0 Å². The first-order valence-corrected chi connectivity index (χ1v) is 6.16. The molecule has 1 aromatic heterocycles. The van der Waals surface area contributed by atoms with Crippen LogP contribution >= 0.6 is 11.6 Å². The van der Waals surface area contributed by atoms with Crippen LogP contribution in [0.5, 0.6) is 0 Å². The van der Waals surface area contributed by atoms with Gasteiger partial charge in [-0.1, -0.05) is 11.6 Å². The maximum absolute atomic E-state index is 9.06. The summed E-state index contributed by atoms with van der Waals surface area (Å²) in [4.78, 5) is 4.26. The Morgan fingerprint density at radius 3 is 2.90 bits per heavy atom. The number of hydrogen-bond donors (Lipinski definition) is 2. The van der Waals surface area contributed by atoms with Gasteiger partial charge in [0.05, 0.1) is 11.3 Å². The maximum atomic E-state index is 9.06. The Morgan fingerprint density at radius 2 is 2.10 bits per heavy atom. The van der Waals surface area contributed by atoms with E-state index in [4.69, 9.17) is 27.0 Å². The Morgan fingerprint density at radius 1 is 1.25 bits per heavy atom. The lowest BCUT2D eigenvalue weighted by molar-refractivity contribution is 0.623. The fourth-order valence-corrected chi connectivity index (χ4v) is 2.00. The van der Waals surface area contributed by atoms with Gasteiger partial charge in [0.25, 0.3) is 6.01 Å². The first-order chi connectivity index (χ1) is 9.65. The molecule has 20 heavy (non-hydrogen) atoms. The SMILES string of the molecule is N#Cc1ccc(Cl)cc1Nc1nc2cc(N)ccc2o1. The highest BCUT2D eigenvalue weighted by atomic mass is 35.5. The molecule has 6 heteroatoms. The lowest BCUT2D eigenvalue weighted by atomic mass is 10.2. The molecular weight excluding hydrogens is 276 g/mol. The Kier molecular flexibility index (Phi) is 2.93. The summed E-state index contributed by atoms with van der Waals surface area (Å²) in [6, 6.07) is 12.5. The molecule has 0 fully saturated rings. The van der Waals surface area contributed by atoms with E-state index in [9.17, 15) is 0 Å². The van der Waals surface area contributed by atoms with Crippen molar-refractivity contribution in [3.63, 3.8) is 0 Å². The van der Waals surface area contributed by atoms with Crippen LogP contribution in [0.2, 0.25) is 5.02 Å². The van der Waals surface area contributed by atoms with E-state index in [1.807, 2.05) is 0 Å². The zero-order chi connectivity index (χ0) is 14.1. The number of fused-ring (bicyclic) bond motifs is 1. The number of nitriles is 1. The van der Waals surface area contributed by atoms with Crippen molar-refractivity contribution in [2.45, 2.75) is 0 Å². The monoisotopic (exact) mass is 284 g/mol. The first-order valence-electron chi connectivity index (χ1n) is 5.78. The largest absolute Gasteiger partial charge is 0.423 e. The summed E-state index contributed by atoms with van der Waals surface area (Å²) in [5.41, 5.74) is 8.55. The third-order valence-corrected chi connectivity index (χ3v) is 2.99. The van der Waals surface area contributed by atoms with Gasteiger partial charge in [-0.2, -0.15) is 10.2 Å². The van der Waals surface area contributed by atoms with Crippen LogP contribution in [0.3, 0.4) is 0 Å². The molecule has 0 saturated carbocycles.